The summed E-state index contributed by atoms with van der Waals surface area (Å²) < 4.78 is 0. The molecule has 2 aliphatic carbocycles. The van der Waals surface area contributed by atoms with Gasteiger partial charge in [0.25, 0.3) is 0 Å². The number of anilines is 1. The number of aryl methyl sites for hydroxylation is 1. The summed E-state index contributed by atoms with van der Waals surface area (Å²) in [6, 6.07) is 5.60. The summed E-state index contributed by atoms with van der Waals surface area (Å²) in [5.74, 6) is 0.695. The van der Waals surface area contributed by atoms with Crippen LogP contribution in [0.5, 0.6) is 0 Å². The Morgan fingerprint density at radius 1 is 1.24 bits per heavy atom. The molecule has 0 atom stereocenters. The molecule has 0 bridgehead atoms. The molecule has 21 heavy (non-hydrogen) atoms. The van der Waals surface area contributed by atoms with E-state index in [0.29, 0.717) is 5.92 Å². The van der Waals surface area contributed by atoms with Crippen LogP contribution in [0.3, 0.4) is 0 Å². The summed E-state index contributed by atoms with van der Waals surface area (Å²) in [6.07, 6.45) is 8.97. The number of amides is 1. The fourth-order valence-electron chi connectivity index (χ4n) is 3.43. The molecule has 0 spiro atoms. The number of benzene rings is 1. The van der Waals surface area contributed by atoms with Gasteiger partial charge in [0.1, 0.15) is 0 Å². The minimum Gasteiger partial charge on any atom is -0.326 e. The molecule has 0 unspecified atom stereocenters. The Labute approximate surface area is 125 Å². The van der Waals surface area contributed by atoms with Crippen LogP contribution in [0.15, 0.2) is 29.8 Å². The van der Waals surface area contributed by atoms with Gasteiger partial charge in [-0.05, 0) is 60.9 Å². The topological polar surface area (TPSA) is 46.2 Å². The van der Waals surface area contributed by atoms with E-state index in [1.54, 1.807) is 0 Å². The third-order valence-corrected chi connectivity index (χ3v) is 4.46. The SMILES string of the molecule is CC(=O)Nc1ccc2c(c1)CC/C(=C\C1CCCC1)C2=O. The van der Waals surface area contributed by atoms with E-state index in [2.05, 4.69) is 11.4 Å². The average molecular weight is 283 g/mol. The van der Waals surface area contributed by atoms with Gasteiger partial charge < -0.3 is 5.32 Å². The Kier molecular flexibility index (Phi) is 3.91. The van der Waals surface area contributed by atoms with Crippen LogP contribution in [0.4, 0.5) is 5.69 Å². The highest BCUT2D eigenvalue weighted by molar-refractivity contribution is 6.11. The first-order valence-corrected chi connectivity index (χ1v) is 7.79. The first kappa shape index (κ1) is 14.1. The second kappa shape index (κ2) is 5.84. The number of hydrogen-bond donors (Lipinski definition) is 1. The van der Waals surface area contributed by atoms with Crippen molar-refractivity contribution in [2.75, 3.05) is 5.32 Å². The summed E-state index contributed by atoms with van der Waals surface area (Å²) in [7, 11) is 0. The van der Waals surface area contributed by atoms with Crippen LogP contribution in [-0.4, -0.2) is 11.7 Å². The Balaban J connectivity index is 1.83. The van der Waals surface area contributed by atoms with E-state index in [-0.39, 0.29) is 11.7 Å². The van der Waals surface area contributed by atoms with Crippen LogP contribution < -0.4 is 5.32 Å². The van der Waals surface area contributed by atoms with Gasteiger partial charge in [-0.25, -0.2) is 0 Å². The van der Waals surface area contributed by atoms with Crippen LogP contribution in [0, 0.1) is 5.92 Å². The van der Waals surface area contributed by atoms with E-state index >= 15 is 0 Å². The first-order chi connectivity index (χ1) is 10.1. The molecule has 3 nitrogen and oxygen atoms in total. The number of carbonyl (C=O) groups is 2. The van der Waals surface area contributed by atoms with Gasteiger partial charge in [-0.1, -0.05) is 18.9 Å². The molecule has 0 radical (unpaired) electrons. The predicted octanol–water partition coefficient (Wildman–Crippen LogP) is 3.89. The van der Waals surface area contributed by atoms with Crippen molar-refractivity contribution in [3.05, 3.63) is 41.0 Å². The fraction of sp³-hybridized carbons (Fsp3) is 0.444. The molecule has 1 N–H and O–H groups in total. The van der Waals surface area contributed by atoms with Gasteiger partial charge in [0.15, 0.2) is 5.78 Å². The molecular formula is C18H21NO2. The number of Topliss-reactive ketones (excluding diaryl/α,β-unsaturated/α-hetero) is 1. The van der Waals surface area contributed by atoms with Crippen LogP contribution >= 0.6 is 0 Å². The van der Waals surface area contributed by atoms with Crippen molar-refractivity contribution in [1.82, 2.24) is 0 Å². The second-order valence-electron chi connectivity index (χ2n) is 6.12. The molecule has 0 aromatic heterocycles. The van der Waals surface area contributed by atoms with Crippen LogP contribution in [-0.2, 0) is 11.2 Å². The number of allylic oxidation sites excluding steroid dienone is 2. The highest BCUT2D eigenvalue weighted by Crippen LogP contribution is 2.32. The lowest BCUT2D eigenvalue weighted by Gasteiger charge is -2.19. The molecule has 1 aromatic carbocycles. The van der Waals surface area contributed by atoms with Crippen LogP contribution in [0.25, 0.3) is 0 Å². The highest BCUT2D eigenvalue weighted by Gasteiger charge is 2.24. The predicted molar refractivity (Wildman–Crippen MR) is 83.4 cm³/mol. The molecule has 1 fully saturated rings. The minimum atomic E-state index is -0.0843. The standard InChI is InChI=1S/C18H21NO2/c1-12(20)19-16-8-9-17-14(11-16)6-7-15(18(17)21)10-13-4-2-3-5-13/h8-11,13H,2-7H2,1H3,(H,19,20)/b15-10+. The smallest absolute Gasteiger partial charge is 0.221 e. The number of nitrogens with one attached hydrogen (secondary N) is 1. The lowest BCUT2D eigenvalue weighted by atomic mass is 9.85. The Morgan fingerprint density at radius 2 is 2.00 bits per heavy atom. The van der Waals surface area contributed by atoms with Gasteiger partial charge in [-0.3, -0.25) is 9.59 Å². The largest absolute Gasteiger partial charge is 0.326 e. The average Bonchev–Trinajstić information content (AvgIpc) is 2.94. The molecule has 0 heterocycles. The van der Waals surface area contributed by atoms with Gasteiger partial charge in [-0.15, -0.1) is 0 Å². The Hall–Kier alpha value is -1.90. The Bertz CT molecular complexity index is 610. The quantitative estimate of drug-likeness (QED) is 0.837. The molecule has 2 aliphatic rings. The summed E-state index contributed by atoms with van der Waals surface area (Å²) >= 11 is 0. The van der Waals surface area contributed by atoms with E-state index in [9.17, 15) is 9.59 Å². The monoisotopic (exact) mass is 283 g/mol. The molecular weight excluding hydrogens is 262 g/mol. The maximum atomic E-state index is 12.6. The van der Waals surface area contributed by atoms with Crippen LogP contribution in [0.1, 0.15) is 54.9 Å². The number of carbonyl (C=O) groups excluding carboxylic acids is 2. The highest BCUT2D eigenvalue weighted by atomic mass is 16.1. The van der Waals surface area contributed by atoms with Gasteiger partial charge in [0.2, 0.25) is 5.91 Å². The first-order valence-electron chi connectivity index (χ1n) is 7.79. The lowest BCUT2D eigenvalue weighted by Crippen LogP contribution is -2.16. The zero-order valence-electron chi connectivity index (χ0n) is 12.4. The van der Waals surface area contributed by atoms with E-state index in [1.165, 1.54) is 32.6 Å². The van der Waals surface area contributed by atoms with Gasteiger partial charge in [0.05, 0.1) is 0 Å². The third-order valence-electron chi connectivity index (χ3n) is 4.46. The second-order valence-corrected chi connectivity index (χ2v) is 6.12. The minimum absolute atomic E-state index is 0.0843. The molecule has 1 amide bonds. The van der Waals surface area contributed by atoms with Crippen molar-refractivity contribution in [3.63, 3.8) is 0 Å². The summed E-state index contributed by atoms with van der Waals surface area (Å²) in [5.41, 5.74) is 3.62. The molecule has 3 rings (SSSR count). The summed E-state index contributed by atoms with van der Waals surface area (Å²) in [5, 5.41) is 2.77. The summed E-state index contributed by atoms with van der Waals surface area (Å²) in [4.78, 5) is 23.7. The fourth-order valence-corrected chi connectivity index (χ4v) is 3.43. The lowest BCUT2D eigenvalue weighted by molar-refractivity contribution is -0.114. The zero-order valence-corrected chi connectivity index (χ0v) is 12.4. The van der Waals surface area contributed by atoms with E-state index in [1.807, 2.05) is 18.2 Å². The molecule has 3 heteroatoms. The molecule has 110 valence electrons. The maximum Gasteiger partial charge on any atom is 0.221 e. The van der Waals surface area contributed by atoms with E-state index in [4.69, 9.17) is 0 Å². The number of rotatable bonds is 2. The normalized spacial score (nSPS) is 20.6. The molecule has 1 saturated carbocycles. The van der Waals surface area contributed by atoms with E-state index in [0.717, 1.165) is 35.2 Å². The van der Waals surface area contributed by atoms with Crippen molar-refractivity contribution in [1.29, 1.82) is 0 Å². The zero-order chi connectivity index (χ0) is 14.8. The summed E-state index contributed by atoms with van der Waals surface area (Å²) in [6.45, 7) is 1.49. The molecule has 0 aliphatic heterocycles. The van der Waals surface area contributed by atoms with Crippen molar-refractivity contribution in [2.45, 2.75) is 45.4 Å². The van der Waals surface area contributed by atoms with Crippen molar-refractivity contribution >= 4 is 17.4 Å². The maximum absolute atomic E-state index is 12.6. The van der Waals surface area contributed by atoms with Gasteiger partial charge in [0, 0.05) is 18.2 Å². The van der Waals surface area contributed by atoms with Crippen molar-refractivity contribution in [3.8, 4) is 0 Å². The van der Waals surface area contributed by atoms with E-state index < -0.39 is 0 Å². The molecule has 1 aromatic rings. The number of fused-ring (bicyclic) bond motifs is 1. The third kappa shape index (κ3) is 3.07. The number of hydrogen-bond acceptors (Lipinski definition) is 2. The number of ketones is 1. The van der Waals surface area contributed by atoms with Crippen LogP contribution in [0.2, 0.25) is 0 Å². The van der Waals surface area contributed by atoms with Gasteiger partial charge >= 0.3 is 0 Å². The van der Waals surface area contributed by atoms with Crippen molar-refractivity contribution in [2.24, 2.45) is 5.92 Å². The van der Waals surface area contributed by atoms with Crippen molar-refractivity contribution < 1.29 is 9.59 Å². The Morgan fingerprint density at radius 3 is 2.71 bits per heavy atom. The molecule has 0 saturated heterocycles. The van der Waals surface area contributed by atoms with Gasteiger partial charge in [-0.2, -0.15) is 0 Å².